The molecule has 2 bridgehead atoms. The summed E-state index contributed by atoms with van der Waals surface area (Å²) >= 11 is 0. The Morgan fingerprint density at radius 2 is 1.74 bits per heavy atom. The molecule has 1 aromatic carbocycles. The summed E-state index contributed by atoms with van der Waals surface area (Å²) in [6.45, 7) is 1.93. The van der Waals surface area contributed by atoms with Gasteiger partial charge in [-0.2, -0.15) is 0 Å². The number of fused-ring (bicyclic) bond motifs is 3. The smallest absolute Gasteiger partial charge is 0.259 e. The second-order valence-corrected chi connectivity index (χ2v) is 9.72. The maximum Gasteiger partial charge on any atom is 0.259 e. The first kappa shape index (κ1) is 21.7. The number of nitrogens with zero attached hydrogens (tertiary/aromatic N) is 4. The van der Waals surface area contributed by atoms with Gasteiger partial charge in [-0.1, -0.05) is 18.2 Å². The molecule has 4 aromatic rings. The summed E-state index contributed by atoms with van der Waals surface area (Å²) in [5, 5.41) is 1.24. The molecule has 2 fully saturated rings. The fourth-order valence-electron chi connectivity index (χ4n) is 5.84. The number of ether oxygens (including phenoxy) is 1. The van der Waals surface area contributed by atoms with E-state index in [9.17, 15) is 4.79 Å². The molecule has 0 spiro atoms. The number of hydrogen-bond donors (Lipinski definition) is 0. The zero-order chi connectivity index (χ0) is 23.8. The van der Waals surface area contributed by atoms with E-state index >= 15 is 0 Å². The summed E-state index contributed by atoms with van der Waals surface area (Å²) in [6, 6.07) is 18.5. The van der Waals surface area contributed by atoms with Crippen LogP contribution in [0.1, 0.15) is 47.3 Å². The highest BCUT2D eigenvalue weighted by atomic mass is 16.5. The number of pyridine rings is 3. The average Bonchev–Trinajstić information content (AvgIpc) is 3.15. The normalized spacial score (nSPS) is 21.3. The molecule has 2 aliphatic rings. The van der Waals surface area contributed by atoms with Gasteiger partial charge in [0.15, 0.2) is 0 Å². The fourth-order valence-corrected chi connectivity index (χ4v) is 5.84. The number of piperidine rings is 1. The van der Waals surface area contributed by atoms with Gasteiger partial charge in [0.25, 0.3) is 5.91 Å². The number of amides is 1. The Hall–Kier alpha value is -3.80. The first-order valence-electron chi connectivity index (χ1n) is 12.4. The molecule has 0 saturated carbocycles. The quantitative estimate of drug-likeness (QED) is 0.376. The highest BCUT2D eigenvalue weighted by molar-refractivity contribution is 5.97. The lowest BCUT2D eigenvalue weighted by Crippen LogP contribution is -2.47. The van der Waals surface area contributed by atoms with E-state index in [1.165, 1.54) is 10.9 Å². The van der Waals surface area contributed by atoms with Crippen molar-refractivity contribution in [2.24, 2.45) is 5.92 Å². The molecular formula is C29H28N4O2. The predicted octanol–water partition coefficient (Wildman–Crippen LogP) is 5.75. The van der Waals surface area contributed by atoms with Crippen molar-refractivity contribution in [3.05, 3.63) is 90.0 Å². The molecule has 1 amide bonds. The first-order chi connectivity index (χ1) is 17.2. The van der Waals surface area contributed by atoms with Gasteiger partial charge in [0.1, 0.15) is 11.3 Å². The van der Waals surface area contributed by atoms with Gasteiger partial charge in [-0.05, 0) is 86.9 Å². The third-order valence-corrected chi connectivity index (χ3v) is 7.41. The number of hydrogen-bond acceptors (Lipinski definition) is 5. The molecular weight excluding hydrogens is 436 g/mol. The van der Waals surface area contributed by atoms with Crippen molar-refractivity contribution in [3.63, 3.8) is 0 Å². The van der Waals surface area contributed by atoms with Gasteiger partial charge < -0.3 is 9.64 Å². The Bertz CT molecular complexity index is 1350. The summed E-state index contributed by atoms with van der Waals surface area (Å²) in [7, 11) is 0. The number of carbonyl (C=O) groups is 1. The number of aromatic nitrogens is 3. The van der Waals surface area contributed by atoms with Crippen LogP contribution in [0.2, 0.25) is 0 Å². The van der Waals surface area contributed by atoms with E-state index < -0.39 is 0 Å². The third kappa shape index (κ3) is 4.25. The molecule has 0 radical (unpaired) electrons. The van der Waals surface area contributed by atoms with Crippen LogP contribution < -0.4 is 4.74 Å². The van der Waals surface area contributed by atoms with Crippen LogP contribution in [0, 0.1) is 12.8 Å². The van der Waals surface area contributed by atoms with Crippen LogP contribution in [-0.4, -0.2) is 37.8 Å². The monoisotopic (exact) mass is 464 g/mol. The molecule has 6 rings (SSSR count). The van der Waals surface area contributed by atoms with Gasteiger partial charge in [0.05, 0.1) is 11.7 Å². The molecule has 0 unspecified atom stereocenters. The van der Waals surface area contributed by atoms with Crippen LogP contribution in [0.4, 0.5) is 0 Å². The summed E-state index contributed by atoms with van der Waals surface area (Å²) in [4.78, 5) is 29.0. The molecule has 176 valence electrons. The van der Waals surface area contributed by atoms with E-state index in [1.54, 1.807) is 18.5 Å². The SMILES string of the molecule is Cc1ccc(Oc2ncccc2C(=O)N2[C@H]3CC[C@H]2CC(Cc2cccc4ncccc24)C3)cn1. The van der Waals surface area contributed by atoms with E-state index in [0.717, 1.165) is 43.3 Å². The van der Waals surface area contributed by atoms with Gasteiger partial charge in [0, 0.05) is 35.6 Å². The lowest BCUT2D eigenvalue weighted by molar-refractivity contribution is 0.0521. The largest absolute Gasteiger partial charge is 0.437 e. The van der Waals surface area contributed by atoms with Gasteiger partial charge in [-0.25, -0.2) is 4.98 Å². The van der Waals surface area contributed by atoms with Crippen LogP contribution in [0.25, 0.3) is 10.9 Å². The highest BCUT2D eigenvalue weighted by Gasteiger charge is 2.44. The third-order valence-electron chi connectivity index (χ3n) is 7.41. The summed E-state index contributed by atoms with van der Waals surface area (Å²) in [5.74, 6) is 1.50. The molecule has 35 heavy (non-hydrogen) atoms. The molecule has 2 atom stereocenters. The maximum atomic E-state index is 13.7. The summed E-state index contributed by atoms with van der Waals surface area (Å²) < 4.78 is 5.98. The van der Waals surface area contributed by atoms with Crippen molar-refractivity contribution in [1.29, 1.82) is 0 Å². The number of carbonyl (C=O) groups excluding carboxylic acids is 1. The molecule has 6 heteroatoms. The van der Waals surface area contributed by atoms with Crippen LogP contribution in [0.3, 0.4) is 0 Å². The highest BCUT2D eigenvalue weighted by Crippen LogP contribution is 2.42. The Labute approximate surface area is 205 Å². The zero-order valence-electron chi connectivity index (χ0n) is 19.8. The molecule has 0 N–H and O–H groups in total. The number of benzene rings is 1. The molecule has 6 nitrogen and oxygen atoms in total. The minimum atomic E-state index is 0.0217. The Balaban J connectivity index is 1.20. The van der Waals surface area contributed by atoms with Gasteiger partial charge >= 0.3 is 0 Å². The maximum absolute atomic E-state index is 13.7. The first-order valence-corrected chi connectivity index (χ1v) is 12.4. The number of rotatable bonds is 5. The lowest BCUT2D eigenvalue weighted by Gasteiger charge is -2.39. The molecule has 2 aliphatic heterocycles. The average molecular weight is 465 g/mol. The van der Waals surface area contributed by atoms with E-state index in [2.05, 4.69) is 44.1 Å². The predicted molar refractivity (Wildman–Crippen MR) is 134 cm³/mol. The van der Waals surface area contributed by atoms with Crippen molar-refractivity contribution < 1.29 is 9.53 Å². The molecule has 0 aliphatic carbocycles. The summed E-state index contributed by atoms with van der Waals surface area (Å²) in [5.41, 5.74) is 3.83. The van der Waals surface area contributed by atoms with E-state index in [1.807, 2.05) is 37.4 Å². The topological polar surface area (TPSA) is 68.2 Å². The second kappa shape index (κ2) is 9.10. The van der Waals surface area contributed by atoms with Crippen molar-refractivity contribution >= 4 is 16.8 Å². The molecule has 5 heterocycles. The zero-order valence-corrected chi connectivity index (χ0v) is 19.8. The Morgan fingerprint density at radius 1 is 0.943 bits per heavy atom. The molecule has 2 saturated heterocycles. The number of aryl methyl sites for hydroxylation is 1. The minimum absolute atomic E-state index is 0.0217. The van der Waals surface area contributed by atoms with Crippen molar-refractivity contribution in [2.75, 3.05) is 0 Å². The second-order valence-electron chi connectivity index (χ2n) is 9.72. The lowest BCUT2D eigenvalue weighted by atomic mass is 9.84. The van der Waals surface area contributed by atoms with Gasteiger partial charge in [-0.3, -0.25) is 14.8 Å². The van der Waals surface area contributed by atoms with Gasteiger partial charge in [-0.15, -0.1) is 0 Å². The van der Waals surface area contributed by atoms with Crippen molar-refractivity contribution in [1.82, 2.24) is 19.9 Å². The van der Waals surface area contributed by atoms with Crippen molar-refractivity contribution in [2.45, 2.75) is 51.1 Å². The standard InChI is InChI=1S/C29H28N4O2/c1-19-9-12-24(18-32-19)35-28-26(7-4-14-31-28)29(34)33-22-10-11-23(33)17-20(16-22)15-21-5-2-8-27-25(21)6-3-13-30-27/h2-9,12-14,18,20,22-23H,10-11,15-17H2,1H3/t22-,23-/m0/s1. The fraction of sp³-hybridized carbons (Fsp3) is 0.310. The van der Waals surface area contributed by atoms with Crippen molar-refractivity contribution in [3.8, 4) is 11.6 Å². The van der Waals surface area contributed by atoms with E-state index in [4.69, 9.17) is 4.74 Å². The minimum Gasteiger partial charge on any atom is -0.437 e. The Morgan fingerprint density at radius 3 is 2.54 bits per heavy atom. The van der Waals surface area contributed by atoms with Gasteiger partial charge in [0.2, 0.25) is 5.88 Å². The summed E-state index contributed by atoms with van der Waals surface area (Å²) in [6.07, 6.45) is 10.4. The Kier molecular flexibility index (Phi) is 5.64. The van der Waals surface area contributed by atoms with Crippen LogP contribution in [-0.2, 0) is 6.42 Å². The van der Waals surface area contributed by atoms with Crippen LogP contribution in [0.15, 0.2) is 73.2 Å². The van der Waals surface area contributed by atoms with E-state index in [-0.39, 0.29) is 18.0 Å². The molecule has 3 aromatic heterocycles. The van der Waals surface area contributed by atoms with Crippen LogP contribution >= 0.6 is 0 Å². The van der Waals surface area contributed by atoms with E-state index in [0.29, 0.717) is 23.1 Å². The van der Waals surface area contributed by atoms with Crippen LogP contribution in [0.5, 0.6) is 11.6 Å².